The molecule has 128 valence electrons. The van der Waals surface area contributed by atoms with Gasteiger partial charge in [-0.15, -0.1) is 4.67 Å². The van der Waals surface area contributed by atoms with Gasteiger partial charge in [-0.05, 0) is 47.0 Å². The molecule has 0 aromatic heterocycles. The predicted octanol–water partition coefficient (Wildman–Crippen LogP) is 3.51. The maximum absolute atomic E-state index is 11.9. The van der Waals surface area contributed by atoms with Crippen LogP contribution in [0, 0.1) is 0 Å². The molecule has 0 atom stereocenters. The normalized spacial score (nSPS) is 13.7. The zero-order chi connectivity index (χ0) is 16.7. The van der Waals surface area contributed by atoms with Crippen molar-refractivity contribution in [1.29, 1.82) is 0 Å². The summed E-state index contributed by atoms with van der Waals surface area (Å²) in [6.07, 6.45) is 2.87. The molecule has 21 heavy (non-hydrogen) atoms. The molecule has 8 heteroatoms. The van der Waals surface area contributed by atoms with Crippen molar-refractivity contribution < 1.29 is 23.4 Å². The highest BCUT2D eigenvalue weighted by Crippen LogP contribution is 2.56. The highest BCUT2D eigenvalue weighted by atomic mass is 31.2. The Labute approximate surface area is 129 Å². The fourth-order valence-electron chi connectivity index (χ4n) is 2.51. The maximum Gasteiger partial charge on any atom is 0.342 e. The second-order valence-electron chi connectivity index (χ2n) is 5.74. The van der Waals surface area contributed by atoms with Crippen LogP contribution in [0.5, 0.6) is 0 Å². The van der Waals surface area contributed by atoms with Crippen LogP contribution in [0.2, 0.25) is 0 Å². The van der Waals surface area contributed by atoms with Crippen molar-refractivity contribution >= 4 is 15.5 Å². The molecule has 0 aliphatic rings. The Kier molecular flexibility index (Phi) is 9.78. The van der Waals surface area contributed by atoms with E-state index >= 15 is 0 Å². The molecule has 0 amide bonds. The smallest absolute Gasteiger partial charge is 0.312 e. The molecule has 0 aromatic rings. The lowest BCUT2D eigenvalue weighted by Gasteiger charge is -2.32. The van der Waals surface area contributed by atoms with E-state index in [0.717, 1.165) is 6.42 Å². The third-order valence-corrected chi connectivity index (χ3v) is 7.93. The molecule has 0 unspecified atom stereocenters. The van der Waals surface area contributed by atoms with Crippen LogP contribution in [-0.4, -0.2) is 53.1 Å². The first-order valence-electron chi connectivity index (χ1n) is 7.42. The molecular formula is C13H32NO5P2+. The molecule has 0 radical (unpaired) electrons. The van der Waals surface area contributed by atoms with Crippen LogP contribution in [0.3, 0.4) is 0 Å². The number of hydrogen-bond donors (Lipinski definition) is 2. The van der Waals surface area contributed by atoms with E-state index in [9.17, 15) is 14.4 Å². The van der Waals surface area contributed by atoms with Crippen LogP contribution in [0.25, 0.3) is 0 Å². The summed E-state index contributed by atoms with van der Waals surface area (Å²) in [5.74, 6) is 0. The number of nitrogens with zero attached hydrogens (tertiary/aromatic N) is 1. The molecule has 0 fully saturated rings. The average molecular weight is 344 g/mol. The fraction of sp³-hybridized carbons (Fsp3) is 1.00. The third-order valence-electron chi connectivity index (χ3n) is 3.37. The van der Waals surface area contributed by atoms with E-state index in [1.165, 1.54) is 14.2 Å². The Bertz CT molecular complexity index is 321. The van der Waals surface area contributed by atoms with Crippen molar-refractivity contribution in [2.45, 2.75) is 59.0 Å². The Morgan fingerprint density at radius 3 is 1.86 bits per heavy atom. The van der Waals surface area contributed by atoms with E-state index in [4.69, 9.17) is 9.05 Å². The Morgan fingerprint density at radius 2 is 1.48 bits per heavy atom. The van der Waals surface area contributed by atoms with Crippen molar-refractivity contribution in [1.82, 2.24) is 4.67 Å². The Morgan fingerprint density at radius 1 is 1.00 bits per heavy atom. The van der Waals surface area contributed by atoms with Gasteiger partial charge in [0.2, 0.25) is 0 Å². The molecule has 0 saturated heterocycles. The van der Waals surface area contributed by atoms with Gasteiger partial charge < -0.3 is 9.05 Å². The first-order valence-corrected chi connectivity index (χ1v) is 11.0. The van der Waals surface area contributed by atoms with Crippen molar-refractivity contribution in [3.63, 3.8) is 0 Å². The van der Waals surface area contributed by atoms with Gasteiger partial charge >= 0.3 is 15.5 Å². The summed E-state index contributed by atoms with van der Waals surface area (Å²) in [5, 5.41) is 0. The molecule has 6 nitrogen and oxygen atoms in total. The van der Waals surface area contributed by atoms with Gasteiger partial charge in [0.25, 0.3) is 0 Å². The summed E-state index contributed by atoms with van der Waals surface area (Å²) in [4.78, 5) is 20.7. The monoisotopic (exact) mass is 344 g/mol. The van der Waals surface area contributed by atoms with Gasteiger partial charge in [0.15, 0.2) is 0 Å². The SMILES string of the molecule is COP(=O)(CCCCC[P+](O)(O)N(C(C)C)C(C)C)OC. The Balaban J connectivity index is 4.24. The second-order valence-corrected chi connectivity index (χ2v) is 10.4. The number of unbranched alkanes of at least 4 members (excludes halogenated alkanes) is 2. The summed E-state index contributed by atoms with van der Waals surface area (Å²) in [5.41, 5.74) is 0. The molecule has 2 N–H and O–H groups in total. The molecule has 0 aromatic carbocycles. The fourth-order valence-corrected chi connectivity index (χ4v) is 6.00. The molecular weight excluding hydrogens is 312 g/mol. The summed E-state index contributed by atoms with van der Waals surface area (Å²) < 4.78 is 23.4. The minimum atomic E-state index is -3.06. The maximum atomic E-state index is 11.9. The average Bonchev–Trinajstić information content (AvgIpc) is 2.36. The molecule has 0 spiro atoms. The van der Waals surface area contributed by atoms with E-state index in [2.05, 4.69) is 0 Å². The second kappa shape index (κ2) is 9.57. The van der Waals surface area contributed by atoms with Crippen LogP contribution in [-0.2, 0) is 13.6 Å². The number of hydrogen-bond acceptors (Lipinski definition) is 6. The highest BCUT2D eigenvalue weighted by Gasteiger charge is 2.44. The van der Waals surface area contributed by atoms with E-state index in [0.29, 0.717) is 25.2 Å². The molecule has 0 aliphatic heterocycles. The standard InChI is InChI=1S/C13H32NO5P2/c1-12(2)14(13(3)4)20(15,16)10-8-7-9-11-21(17,18-5)19-6/h12-13,15-16H,7-11H2,1-6H3/q+1. The lowest BCUT2D eigenvalue weighted by atomic mass is 10.3. The molecule has 0 saturated carbocycles. The summed E-state index contributed by atoms with van der Waals surface area (Å²) in [6.45, 7) is 7.87. The van der Waals surface area contributed by atoms with Crippen LogP contribution >= 0.6 is 15.5 Å². The van der Waals surface area contributed by atoms with Crippen molar-refractivity contribution in [3.8, 4) is 0 Å². The Hall–Kier alpha value is 0.460. The van der Waals surface area contributed by atoms with E-state index in [1.54, 1.807) is 4.67 Å². The summed E-state index contributed by atoms with van der Waals surface area (Å²) >= 11 is 0. The summed E-state index contributed by atoms with van der Waals surface area (Å²) in [6, 6.07) is 0.186. The van der Waals surface area contributed by atoms with E-state index < -0.39 is 15.5 Å². The minimum Gasteiger partial charge on any atom is -0.312 e. The topological polar surface area (TPSA) is 79.2 Å². The van der Waals surface area contributed by atoms with Gasteiger partial charge in [-0.2, -0.15) is 0 Å². The first kappa shape index (κ1) is 21.5. The zero-order valence-electron chi connectivity index (χ0n) is 14.2. The molecule has 0 aliphatic carbocycles. The van der Waals surface area contributed by atoms with Gasteiger partial charge in [0.05, 0.1) is 6.16 Å². The van der Waals surface area contributed by atoms with Gasteiger partial charge in [-0.25, -0.2) is 9.79 Å². The van der Waals surface area contributed by atoms with Crippen molar-refractivity contribution in [3.05, 3.63) is 0 Å². The first-order chi connectivity index (χ1) is 9.59. The van der Waals surface area contributed by atoms with Gasteiger partial charge in [0, 0.05) is 26.3 Å². The zero-order valence-corrected chi connectivity index (χ0v) is 15.9. The molecule has 0 rings (SSSR count). The van der Waals surface area contributed by atoms with Crippen molar-refractivity contribution in [2.24, 2.45) is 0 Å². The largest absolute Gasteiger partial charge is 0.342 e. The van der Waals surface area contributed by atoms with Crippen LogP contribution < -0.4 is 0 Å². The highest BCUT2D eigenvalue weighted by molar-refractivity contribution is 7.62. The van der Waals surface area contributed by atoms with E-state index in [1.807, 2.05) is 27.7 Å². The lowest BCUT2D eigenvalue weighted by molar-refractivity contribution is 0.238. The molecule has 0 heterocycles. The van der Waals surface area contributed by atoms with Crippen LogP contribution in [0.1, 0.15) is 47.0 Å². The van der Waals surface area contributed by atoms with E-state index in [-0.39, 0.29) is 12.1 Å². The summed E-state index contributed by atoms with van der Waals surface area (Å²) in [7, 11) is -3.24. The van der Waals surface area contributed by atoms with Gasteiger partial charge in [-0.3, -0.25) is 4.57 Å². The van der Waals surface area contributed by atoms with Crippen LogP contribution in [0.4, 0.5) is 0 Å². The third kappa shape index (κ3) is 7.51. The van der Waals surface area contributed by atoms with Gasteiger partial charge in [0.1, 0.15) is 6.16 Å². The quantitative estimate of drug-likeness (QED) is 0.441. The molecule has 0 bridgehead atoms. The van der Waals surface area contributed by atoms with Crippen molar-refractivity contribution in [2.75, 3.05) is 26.5 Å². The number of rotatable bonds is 11. The predicted molar refractivity (Wildman–Crippen MR) is 88.7 cm³/mol. The lowest BCUT2D eigenvalue weighted by Crippen LogP contribution is -2.37. The van der Waals surface area contributed by atoms with Crippen LogP contribution in [0.15, 0.2) is 0 Å². The van der Waals surface area contributed by atoms with Gasteiger partial charge in [-0.1, -0.05) is 0 Å². The minimum absolute atomic E-state index is 0.0931.